The first kappa shape index (κ1) is 20.4. The number of benzene rings is 2. The molecule has 0 amide bonds. The van der Waals surface area contributed by atoms with E-state index in [4.69, 9.17) is 4.74 Å². The molecule has 2 aromatic carbocycles. The van der Waals surface area contributed by atoms with Gasteiger partial charge >= 0.3 is 5.97 Å². The van der Waals surface area contributed by atoms with Gasteiger partial charge in [0.05, 0.1) is 12.2 Å². The number of nitrogens with one attached hydrogen (secondary N) is 2. The molecule has 0 saturated heterocycles. The van der Waals surface area contributed by atoms with Crippen LogP contribution in [0.15, 0.2) is 60.8 Å². The predicted molar refractivity (Wildman–Crippen MR) is 123 cm³/mol. The molecule has 0 spiro atoms. The normalized spacial score (nSPS) is 16.4. The fourth-order valence-corrected chi connectivity index (χ4v) is 4.40. The Hall–Kier alpha value is -2.85. The van der Waals surface area contributed by atoms with Gasteiger partial charge in [-0.15, -0.1) is 0 Å². The lowest BCUT2D eigenvalue weighted by atomic mass is 9.92. The van der Waals surface area contributed by atoms with E-state index in [0.717, 1.165) is 49.6 Å². The molecule has 30 heavy (non-hydrogen) atoms. The molecular weight excluding hydrogens is 372 g/mol. The second kappa shape index (κ2) is 9.77. The van der Waals surface area contributed by atoms with Crippen molar-refractivity contribution in [2.24, 2.45) is 0 Å². The van der Waals surface area contributed by atoms with Gasteiger partial charge in [0.25, 0.3) is 0 Å². The van der Waals surface area contributed by atoms with Gasteiger partial charge in [-0.25, -0.2) is 4.79 Å². The fraction of sp³-hybridized carbons (Fsp3) is 0.346. The van der Waals surface area contributed by atoms with Crippen molar-refractivity contribution in [3.63, 3.8) is 0 Å². The number of aryl methyl sites for hydroxylation is 1. The number of aromatic nitrogens is 1. The Morgan fingerprint density at radius 1 is 1.10 bits per heavy atom. The molecule has 0 radical (unpaired) electrons. The van der Waals surface area contributed by atoms with E-state index in [1.165, 1.54) is 16.7 Å². The molecule has 0 aliphatic carbocycles. The van der Waals surface area contributed by atoms with Gasteiger partial charge in [0.2, 0.25) is 0 Å². The monoisotopic (exact) mass is 402 g/mol. The summed E-state index contributed by atoms with van der Waals surface area (Å²) < 4.78 is 5.25. The molecule has 2 N–H and O–H groups in total. The summed E-state index contributed by atoms with van der Waals surface area (Å²) in [4.78, 5) is 15.7. The van der Waals surface area contributed by atoms with Crippen LogP contribution >= 0.6 is 0 Å². The standard InChI is InChI=1S/C26H30N2O2/c1-2-30-26(29)23-13-8-14-24-25(23)21(18-28-24)11-6-7-12-22-17-20(15-16-27-22)19-9-4-3-5-10-19/h3-5,8-10,13-15,18,22,27-28H,2,6-7,11-12,16-17H2,1H3. The van der Waals surface area contributed by atoms with Crippen LogP contribution in [0.1, 0.15) is 54.1 Å². The minimum atomic E-state index is -0.240. The number of carbonyl (C=O) groups is 1. The molecule has 1 aromatic heterocycles. The highest BCUT2D eigenvalue weighted by atomic mass is 16.5. The second-order valence-electron chi connectivity index (χ2n) is 7.91. The van der Waals surface area contributed by atoms with Crippen LogP contribution in [0.5, 0.6) is 0 Å². The number of aromatic amines is 1. The fourth-order valence-electron chi connectivity index (χ4n) is 4.40. The molecule has 0 fully saturated rings. The number of esters is 1. The molecule has 2 heterocycles. The number of carbonyl (C=O) groups excluding carboxylic acids is 1. The molecule has 1 aliphatic heterocycles. The van der Waals surface area contributed by atoms with Crippen molar-refractivity contribution >= 4 is 22.4 Å². The largest absolute Gasteiger partial charge is 0.462 e. The average molecular weight is 403 g/mol. The number of H-pyrrole nitrogens is 1. The van der Waals surface area contributed by atoms with Gasteiger partial charge in [-0.2, -0.15) is 0 Å². The Balaban J connectivity index is 1.33. The van der Waals surface area contributed by atoms with Gasteiger partial charge in [-0.1, -0.05) is 48.9 Å². The van der Waals surface area contributed by atoms with Gasteiger partial charge in [0.1, 0.15) is 0 Å². The van der Waals surface area contributed by atoms with E-state index in [9.17, 15) is 4.79 Å². The summed E-state index contributed by atoms with van der Waals surface area (Å²) in [5, 5.41) is 4.65. The number of ether oxygens (including phenoxy) is 1. The summed E-state index contributed by atoms with van der Waals surface area (Å²) in [5.74, 6) is -0.240. The molecular formula is C26H30N2O2. The third kappa shape index (κ3) is 4.65. The van der Waals surface area contributed by atoms with Gasteiger partial charge < -0.3 is 15.0 Å². The summed E-state index contributed by atoms with van der Waals surface area (Å²) >= 11 is 0. The molecule has 0 saturated carbocycles. The molecule has 0 bridgehead atoms. The zero-order valence-electron chi connectivity index (χ0n) is 17.6. The Kier molecular flexibility index (Phi) is 6.65. The summed E-state index contributed by atoms with van der Waals surface area (Å²) in [6, 6.07) is 17.0. The number of unbranched alkanes of at least 4 members (excludes halogenated alkanes) is 1. The Labute approximate surface area is 178 Å². The third-order valence-electron chi connectivity index (χ3n) is 5.90. The average Bonchev–Trinajstić information content (AvgIpc) is 3.21. The molecule has 4 nitrogen and oxygen atoms in total. The van der Waals surface area contributed by atoms with Gasteiger partial charge in [-0.05, 0) is 61.4 Å². The van der Waals surface area contributed by atoms with Crippen molar-refractivity contribution in [1.82, 2.24) is 10.3 Å². The lowest BCUT2D eigenvalue weighted by Gasteiger charge is -2.24. The van der Waals surface area contributed by atoms with Gasteiger partial charge in [0, 0.05) is 29.7 Å². The van der Waals surface area contributed by atoms with Crippen molar-refractivity contribution in [2.75, 3.05) is 13.2 Å². The zero-order valence-corrected chi connectivity index (χ0v) is 17.6. The molecule has 4 heteroatoms. The Morgan fingerprint density at radius 3 is 2.80 bits per heavy atom. The Bertz CT molecular complexity index is 1020. The highest BCUT2D eigenvalue weighted by molar-refractivity contribution is 6.05. The maximum Gasteiger partial charge on any atom is 0.338 e. The molecule has 3 aromatic rings. The second-order valence-corrected chi connectivity index (χ2v) is 7.91. The maximum atomic E-state index is 12.3. The van der Waals surface area contributed by atoms with Crippen LogP contribution in [0.2, 0.25) is 0 Å². The quantitative estimate of drug-likeness (QED) is 0.386. The predicted octanol–water partition coefficient (Wildman–Crippen LogP) is 5.50. The molecule has 156 valence electrons. The van der Waals surface area contributed by atoms with Crippen molar-refractivity contribution in [3.8, 4) is 0 Å². The van der Waals surface area contributed by atoms with E-state index >= 15 is 0 Å². The summed E-state index contributed by atoms with van der Waals surface area (Å²) in [6.45, 7) is 3.18. The van der Waals surface area contributed by atoms with Crippen LogP contribution in [-0.4, -0.2) is 30.1 Å². The first-order chi connectivity index (χ1) is 14.8. The lowest BCUT2D eigenvalue weighted by Crippen LogP contribution is -2.32. The Morgan fingerprint density at radius 2 is 1.97 bits per heavy atom. The molecule has 1 unspecified atom stereocenters. The molecule has 1 atom stereocenters. The van der Waals surface area contributed by atoms with Crippen molar-refractivity contribution in [3.05, 3.63) is 77.5 Å². The SMILES string of the molecule is CCOC(=O)c1cccc2[nH]cc(CCCCC3CC(c4ccccc4)=CCN3)c12. The van der Waals surface area contributed by atoms with Crippen LogP contribution in [-0.2, 0) is 11.2 Å². The zero-order chi connectivity index (χ0) is 20.8. The van der Waals surface area contributed by atoms with E-state index in [1.807, 2.05) is 31.3 Å². The van der Waals surface area contributed by atoms with E-state index < -0.39 is 0 Å². The molecule has 4 rings (SSSR count). The lowest BCUT2D eigenvalue weighted by molar-refractivity contribution is 0.0528. The minimum absolute atomic E-state index is 0.240. The minimum Gasteiger partial charge on any atom is -0.462 e. The topological polar surface area (TPSA) is 54.1 Å². The highest BCUT2D eigenvalue weighted by Crippen LogP contribution is 2.27. The van der Waals surface area contributed by atoms with Crippen LogP contribution in [0.4, 0.5) is 0 Å². The van der Waals surface area contributed by atoms with E-state index in [-0.39, 0.29) is 5.97 Å². The number of hydrogen-bond acceptors (Lipinski definition) is 3. The van der Waals surface area contributed by atoms with Crippen LogP contribution in [0, 0.1) is 0 Å². The number of hydrogen-bond donors (Lipinski definition) is 2. The first-order valence-electron chi connectivity index (χ1n) is 11.0. The summed E-state index contributed by atoms with van der Waals surface area (Å²) in [6.07, 6.45) is 9.84. The number of rotatable bonds is 8. The van der Waals surface area contributed by atoms with Crippen LogP contribution in [0.25, 0.3) is 16.5 Å². The van der Waals surface area contributed by atoms with E-state index in [2.05, 4.69) is 46.7 Å². The molecule has 1 aliphatic rings. The summed E-state index contributed by atoms with van der Waals surface area (Å²) in [7, 11) is 0. The van der Waals surface area contributed by atoms with Crippen LogP contribution in [0.3, 0.4) is 0 Å². The van der Waals surface area contributed by atoms with Crippen molar-refractivity contribution < 1.29 is 9.53 Å². The van der Waals surface area contributed by atoms with Crippen LogP contribution < -0.4 is 5.32 Å². The third-order valence-corrected chi connectivity index (χ3v) is 5.90. The van der Waals surface area contributed by atoms with Gasteiger partial charge in [-0.3, -0.25) is 0 Å². The summed E-state index contributed by atoms with van der Waals surface area (Å²) in [5.41, 5.74) is 5.67. The maximum absolute atomic E-state index is 12.3. The van der Waals surface area contributed by atoms with E-state index in [1.54, 1.807) is 0 Å². The smallest absolute Gasteiger partial charge is 0.338 e. The van der Waals surface area contributed by atoms with Gasteiger partial charge in [0.15, 0.2) is 0 Å². The first-order valence-corrected chi connectivity index (χ1v) is 11.0. The number of fused-ring (bicyclic) bond motifs is 1. The van der Waals surface area contributed by atoms with E-state index in [0.29, 0.717) is 18.2 Å². The highest BCUT2D eigenvalue weighted by Gasteiger charge is 2.17. The van der Waals surface area contributed by atoms with Crippen molar-refractivity contribution in [1.29, 1.82) is 0 Å². The van der Waals surface area contributed by atoms with Crippen molar-refractivity contribution in [2.45, 2.75) is 45.1 Å².